The number of esters is 1. The lowest BCUT2D eigenvalue weighted by Gasteiger charge is -2.10. The van der Waals surface area contributed by atoms with Crippen LogP contribution in [-0.4, -0.2) is 29.6 Å². The van der Waals surface area contributed by atoms with Gasteiger partial charge < -0.3 is 10.1 Å². The first kappa shape index (κ1) is 13.9. The van der Waals surface area contributed by atoms with Gasteiger partial charge in [0.05, 0.1) is 17.3 Å². The summed E-state index contributed by atoms with van der Waals surface area (Å²) in [6.07, 6.45) is 1.69. The van der Waals surface area contributed by atoms with E-state index in [2.05, 4.69) is 42.9 Å². The van der Waals surface area contributed by atoms with Gasteiger partial charge in [0.15, 0.2) is 0 Å². The molecule has 1 aromatic rings. The van der Waals surface area contributed by atoms with Crippen molar-refractivity contribution in [1.82, 2.24) is 9.97 Å². The van der Waals surface area contributed by atoms with E-state index in [4.69, 9.17) is 0 Å². The minimum atomic E-state index is -0.522. The Morgan fingerprint density at radius 3 is 2.65 bits per heavy atom. The average Bonchev–Trinajstić information content (AvgIpc) is 2.36. The second-order valence-electron chi connectivity index (χ2n) is 3.43. The molecule has 0 aromatic carbocycles. The number of halogens is 1. The van der Waals surface area contributed by atoms with Gasteiger partial charge in [0.2, 0.25) is 5.82 Å². The van der Waals surface area contributed by atoms with E-state index in [1.165, 1.54) is 7.11 Å². The van der Waals surface area contributed by atoms with E-state index in [1.54, 1.807) is 0 Å². The summed E-state index contributed by atoms with van der Waals surface area (Å²) in [7, 11) is 1.32. The number of aryl methyl sites for hydroxylation is 1. The first-order chi connectivity index (χ1) is 8.13. The number of rotatable bonds is 5. The molecule has 0 aliphatic heterocycles. The largest absolute Gasteiger partial charge is 0.463 e. The molecule has 0 saturated carbocycles. The van der Waals surface area contributed by atoms with Crippen LogP contribution in [0.3, 0.4) is 0 Å². The van der Waals surface area contributed by atoms with Crippen molar-refractivity contribution in [1.29, 1.82) is 0 Å². The smallest absolute Gasteiger partial charge is 0.376 e. The van der Waals surface area contributed by atoms with Gasteiger partial charge in [0.1, 0.15) is 5.82 Å². The number of nitrogens with zero attached hydrogens (tertiary/aromatic N) is 2. The lowest BCUT2D eigenvalue weighted by Crippen LogP contribution is -2.13. The molecule has 1 aromatic heterocycles. The Morgan fingerprint density at radius 2 is 2.12 bits per heavy atom. The van der Waals surface area contributed by atoms with Crippen LogP contribution in [0.25, 0.3) is 0 Å². The van der Waals surface area contributed by atoms with Crippen molar-refractivity contribution in [3.8, 4) is 0 Å². The Kier molecular flexibility index (Phi) is 5.34. The van der Waals surface area contributed by atoms with Crippen molar-refractivity contribution in [2.75, 3.05) is 19.0 Å². The molecule has 6 heteroatoms. The predicted molar refractivity (Wildman–Crippen MR) is 69.2 cm³/mol. The number of anilines is 1. The normalized spacial score (nSPS) is 10.1. The van der Waals surface area contributed by atoms with Crippen LogP contribution in [0.1, 0.15) is 36.6 Å². The third kappa shape index (κ3) is 3.39. The molecule has 1 N–H and O–H groups in total. The van der Waals surface area contributed by atoms with E-state index < -0.39 is 5.97 Å². The molecule has 5 nitrogen and oxygen atoms in total. The molecular weight excluding hydrogens is 286 g/mol. The first-order valence-corrected chi connectivity index (χ1v) is 6.31. The van der Waals surface area contributed by atoms with Crippen molar-refractivity contribution in [3.05, 3.63) is 16.0 Å². The SMILES string of the molecule is CCCNc1nc(C(=O)OC)nc(CC)c1Br. The van der Waals surface area contributed by atoms with Gasteiger partial charge in [-0.05, 0) is 28.8 Å². The fourth-order valence-electron chi connectivity index (χ4n) is 1.27. The Bertz CT molecular complexity index is 410. The monoisotopic (exact) mass is 301 g/mol. The van der Waals surface area contributed by atoms with E-state index in [0.29, 0.717) is 12.2 Å². The molecule has 0 aliphatic carbocycles. The average molecular weight is 302 g/mol. The van der Waals surface area contributed by atoms with Crippen LogP contribution in [0.2, 0.25) is 0 Å². The summed E-state index contributed by atoms with van der Waals surface area (Å²) >= 11 is 3.44. The molecule has 0 atom stereocenters. The van der Waals surface area contributed by atoms with Crippen LogP contribution in [-0.2, 0) is 11.2 Å². The van der Waals surface area contributed by atoms with Gasteiger partial charge in [-0.3, -0.25) is 0 Å². The summed E-state index contributed by atoms with van der Waals surface area (Å²) in [4.78, 5) is 19.7. The maximum Gasteiger partial charge on any atom is 0.376 e. The third-order valence-corrected chi connectivity index (χ3v) is 3.00. The number of hydrogen-bond acceptors (Lipinski definition) is 5. The van der Waals surface area contributed by atoms with Gasteiger partial charge >= 0.3 is 5.97 Å². The summed E-state index contributed by atoms with van der Waals surface area (Å²) in [5, 5.41) is 3.15. The molecule has 0 saturated heterocycles. The van der Waals surface area contributed by atoms with Crippen molar-refractivity contribution in [2.24, 2.45) is 0 Å². The molecular formula is C11H16BrN3O2. The Labute approximate surface area is 109 Å². The number of hydrogen-bond donors (Lipinski definition) is 1. The van der Waals surface area contributed by atoms with Crippen LogP contribution >= 0.6 is 15.9 Å². The van der Waals surface area contributed by atoms with Crippen molar-refractivity contribution >= 4 is 27.7 Å². The Balaban J connectivity index is 3.13. The second kappa shape index (κ2) is 6.54. The van der Waals surface area contributed by atoms with Gasteiger partial charge in [-0.1, -0.05) is 13.8 Å². The number of carbonyl (C=O) groups is 1. The molecule has 0 bridgehead atoms. The number of aromatic nitrogens is 2. The fourth-order valence-corrected chi connectivity index (χ4v) is 1.87. The zero-order valence-corrected chi connectivity index (χ0v) is 11.8. The van der Waals surface area contributed by atoms with E-state index in [-0.39, 0.29) is 5.82 Å². The minimum absolute atomic E-state index is 0.0890. The summed E-state index contributed by atoms with van der Waals surface area (Å²) in [6, 6.07) is 0. The minimum Gasteiger partial charge on any atom is -0.463 e. The topological polar surface area (TPSA) is 64.1 Å². The third-order valence-electron chi connectivity index (χ3n) is 2.17. The molecule has 0 amide bonds. The van der Waals surface area contributed by atoms with Crippen LogP contribution in [0.5, 0.6) is 0 Å². The highest BCUT2D eigenvalue weighted by atomic mass is 79.9. The van der Waals surface area contributed by atoms with E-state index >= 15 is 0 Å². The lowest BCUT2D eigenvalue weighted by atomic mass is 10.3. The highest BCUT2D eigenvalue weighted by Gasteiger charge is 2.16. The molecule has 0 aliphatic rings. The number of ether oxygens (including phenoxy) is 1. The molecule has 0 unspecified atom stereocenters. The number of nitrogens with one attached hydrogen (secondary N) is 1. The quantitative estimate of drug-likeness (QED) is 0.846. The van der Waals surface area contributed by atoms with E-state index in [9.17, 15) is 4.79 Å². The van der Waals surface area contributed by atoms with Crippen molar-refractivity contribution < 1.29 is 9.53 Å². The van der Waals surface area contributed by atoms with E-state index in [1.807, 2.05) is 6.92 Å². The van der Waals surface area contributed by atoms with Gasteiger partial charge in [-0.25, -0.2) is 14.8 Å². The fraction of sp³-hybridized carbons (Fsp3) is 0.545. The number of methoxy groups -OCH3 is 1. The molecule has 0 fully saturated rings. The summed E-state index contributed by atoms with van der Waals surface area (Å²) in [5.74, 6) is 0.206. The van der Waals surface area contributed by atoms with Gasteiger partial charge in [-0.15, -0.1) is 0 Å². The summed E-state index contributed by atoms with van der Waals surface area (Å²) in [6.45, 7) is 4.82. The van der Waals surface area contributed by atoms with Gasteiger partial charge in [0, 0.05) is 6.54 Å². The van der Waals surface area contributed by atoms with Crippen LogP contribution in [0, 0.1) is 0 Å². The van der Waals surface area contributed by atoms with Crippen LogP contribution in [0.4, 0.5) is 5.82 Å². The van der Waals surface area contributed by atoms with Crippen molar-refractivity contribution in [3.63, 3.8) is 0 Å². The predicted octanol–water partition coefficient (Wildman–Crippen LogP) is 2.41. The highest BCUT2D eigenvalue weighted by Crippen LogP contribution is 2.24. The molecule has 1 heterocycles. The maximum atomic E-state index is 11.4. The Morgan fingerprint density at radius 1 is 1.41 bits per heavy atom. The Hall–Kier alpha value is -1.17. The highest BCUT2D eigenvalue weighted by molar-refractivity contribution is 9.10. The first-order valence-electron chi connectivity index (χ1n) is 5.52. The van der Waals surface area contributed by atoms with Gasteiger partial charge in [0.25, 0.3) is 0 Å². The zero-order valence-electron chi connectivity index (χ0n) is 10.2. The van der Waals surface area contributed by atoms with Crippen molar-refractivity contribution in [2.45, 2.75) is 26.7 Å². The second-order valence-corrected chi connectivity index (χ2v) is 4.22. The van der Waals surface area contributed by atoms with E-state index in [0.717, 1.165) is 23.1 Å². The standard InChI is InChI=1S/C11H16BrN3O2/c1-4-6-13-9-8(12)7(5-2)14-10(15-9)11(16)17-3/h4-6H2,1-3H3,(H,13,14,15). The summed E-state index contributed by atoms with van der Waals surface area (Å²) in [5.41, 5.74) is 0.791. The van der Waals surface area contributed by atoms with Gasteiger partial charge in [-0.2, -0.15) is 0 Å². The molecule has 0 radical (unpaired) electrons. The molecule has 1 rings (SSSR count). The van der Waals surface area contributed by atoms with Crippen LogP contribution in [0.15, 0.2) is 4.47 Å². The lowest BCUT2D eigenvalue weighted by molar-refractivity contribution is 0.0586. The number of carbonyl (C=O) groups excluding carboxylic acids is 1. The zero-order chi connectivity index (χ0) is 12.8. The molecule has 17 heavy (non-hydrogen) atoms. The maximum absolute atomic E-state index is 11.4. The summed E-state index contributed by atoms with van der Waals surface area (Å²) < 4.78 is 5.43. The molecule has 0 spiro atoms. The molecule has 94 valence electrons. The van der Waals surface area contributed by atoms with Crippen LogP contribution < -0.4 is 5.32 Å².